The Morgan fingerprint density at radius 3 is 2.81 bits per heavy atom. The molecule has 1 aromatic rings. The van der Waals surface area contributed by atoms with Crippen molar-refractivity contribution in [1.82, 2.24) is 20.1 Å². The van der Waals surface area contributed by atoms with Crippen molar-refractivity contribution in [2.75, 3.05) is 26.7 Å². The number of nitrogens with one attached hydrogen (secondary N) is 1. The van der Waals surface area contributed by atoms with Crippen molar-refractivity contribution in [1.29, 1.82) is 0 Å². The number of urea groups is 1. The number of nitrogens with zero attached hydrogens (tertiary/aromatic N) is 3. The SMILES string of the molecule is C[C@H](CO)N1C[C@H](C)[C@H](CN(C)C(=O)NC2CCCCC2)Oc2ncc(Br)cc2C1=O. The van der Waals surface area contributed by atoms with Crippen molar-refractivity contribution in [2.24, 2.45) is 5.92 Å². The maximum atomic E-state index is 13.1. The maximum absolute atomic E-state index is 13.1. The minimum absolute atomic E-state index is 0.0681. The van der Waals surface area contributed by atoms with E-state index in [0.29, 0.717) is 23.1 Å². The standard InChI is InChI=1S/C22H33BrN4O4/c1-14-11-27(15(2)13-28)21(29)18-9-16(23)10-24-20(18)31-19(14)12-26(3)22(30)25-17-7-5-4-6-8-17/h9-10,14-15,17,19,28H,4-8,11-13H2,1-3H3,(H,25,30)/t14-,15+,19-/m0/s1. The van der Waals surface area contributed by atoms with Crippen molar-refractivity contribution in [3.8, 4) is 5.88 Å². The smallest absolute Gasteiger partial charge is 0.317 e. The number of aliphatic hydroxyl groups is 1. The van der Waals surface area contributed by atoms with E-state index in [4.69, 9.17) is 4.74 Å². The van der Waals surface area contributed by atoms with Gasteiger partial charge in [-0.1, -0.05) is 26.2 Å². The van der Waals surface area contributed by atoms with Crippen LogP contribution < -0.4 is 10.1 Å². The van der Waals surface area contributed by atoms with E-state index in [9.17, 15) is 14.7 Å². The number of hydrogen-bond donors (Lipinski definition) is 2. The number of carbonyl (C=O) groups is 2. The Balaban J connectivity index is 1.78. The lowest BCUT2D eigenvalue weighted by Gasteiger charge is -2.37. The molecular weight excluding hydrogens is 464 g/mol. The molecule has 0 aromatic carbocycles. The molecule has 0 bridgehead atoms. The molecule has 2 N–H and O–H groups in total. The Bertz CT molecular complexity index is 787. The van der Waals surface area contributed by atoms with E-state index in [1.165, 1.54) is 6.42 Å². The summed E-state index contributed by atoms with van der Waals surface area (Å²) >= 11 is 3.37. The van der Waals surface area contributed by atoms with Crippen LogP contribution in [0.4, 0.5) is 4.79 Å². The largest absolute Gasteiger partial charge is 0.472 e. The lowest BCUT2D eigenvalue weighted by Crippen LogP contribution is -2.52. The van der Waals surface area contributed by atoms with Gasteiger partial charge in [-0.3, -0.25) is 4.79 Å². The second-order valence-corrected chi connectivity index (χ2v) is 9.71. The van der Waals surface area contributed by atoms with Gasteiger partial charge in [0.2, 0.25) is 5.88 Å². The third-order valence-electron chi connectivity index (χ3n) is 6.22. The van der Waals surface area contributed by atoms with Crippen molar-refractivity contribution in [2.45, 2.75) is 64.1 Å². The number of amides is 3. The Morgan fingerprint density at radius 1 is 1.42 bits per heavy atom. The molecule has 0 spiro atoms. The molecule has 3 rings (SSSR count). The van der Waals surface area contributed by atoms with Gasteiger partial charge in [0.25, 0.3) is 5.91 Å². The Hall–Kier alpha value is -1.87. The minimum atomic E-state index is -0.351. The molecule has 1 aliphatic carbocycles. The molecule has 9 heteroatoms. The number of likely N-dealkylation sites (N-methyl/N-ethyl adjacent to an activating group) is 1. The Labute approximate surface area is 192 Å². The number of fused-ring (bicyclic) bond motifs is 1. The zero-order chi connectivity index (χ0) is 22.5. The van der Waals surface area contributed by atoms with E-state index in [-0.39, 0.29) is 48.5 Å². The quantitative estimate of drug-likeness (QED) is 0.652. The monoisotopic (exact) mass is 496 g/mol. The molecule has 1 aliphatic heterocycles. The average molecular weight is 497 g/mol. The molecule has 1 aromatic heterocycles. The highest BCUT2D eigenvalue weighted by Gasteiger charge is 2.34. The molecule has 2 heterocycles. The predicted molar refractivity (Wildman–Crippen MR) is 121 cm³/mol. The fourth-order valence-electron chi connectivity index (χ4n) is 4.18. The molecule has 0 saturated heterocycles. The Morgan fingerprint density at radius 2 is 2.13 bits per heavy atom. The molecule has 172 valence electrons. The van der Waals surface area contributed by atoms with Gasteiger partial charge in [0.05, 0.1) is 19.2 Å². The van der Waals surface area contributed by atoms with E-state index < -0.39 is 0 Å². The van der Waals surface area contributed by atoms with E-state index in [2.05, 4.69) is 26.2 Å². The molecule has 1 fully saturated rings. The summed E-state index contributed by atoms with van der Waals surface area (Å²) in [4.78, 5) is 33.5. The van der Waals surface area contributed by atoms with Gasteiger partial charge in [0.1, 0.15) is 11.7 Å². The molecular formula is C22H33BrN4O4. The van der Waals surface area contributed by atoms with Gasteiger partial charge < -0.3 is 25.0 Å². The van der Waals surface area contributed by atoms with Gasteiger partial charge in [0, 0.05) is 36.2 Å². The fraction of sp³-hybridized carbons (Fsp3) is 0.682. The van der Waals surface area contributed by atoms with E-state index >= 15 is 0 Å². The van der Waals surface area contributed by atoms with Gasteiger partial charge in [-0.05, 0) is 41.8 Å². The third kappa shape index (κ3) is 5.88. The molecule has 0 unspecified atom stereocenters. The number of halogens is 1. The van der Waals surface area contributed by atoms with Crippen LogP contribution in [-0.2, 0) is 0 Å². The highest BCUT2D eigenvalue weighted by molar-refractivity contribution is 9.10. The Kier molecular flexibility index (Phi) is 8.16. The summed E-state index contributed by atoms with van der Waals surface area (Å²) < 4.78 is 6.86. The lowest BCUT2D eigenvalue weighted by atomic mass is 9.96. The summed E-state index contributed by atoms with van der Waals surface area (Å²) in [5, 5.41) is 12.8. The van der Waals surface area contributed by atoms with Crippen LogP contribution in [0, 0.1) is 5.92 Å². The fourth-order valence-corrected chi connectivity index (χ4v) is 4.51. The second-order valence-electron chi connectivity index (χ2n) is 8.79. The molecule has 8 nitrogen and oxygen atoms in total. The van der Waals surface area contributed by atoms with Crippen molar-refractivity contribution in [3.05, 3.63) is 22.3 Å². The number of aliphatic hydroxyl groups excluding tert-OH is 1. The average Bonchev–Trinajstić information content (AvgIpc) is 2.76. The van der Waals surface area contributed by atoms with Gasteiger partial charge in [-0.15, -0.1) is 0 Å². The summed E-state index contributed by atoms with van der Waals surface area (Å²) in [5.74, 6) is -0.0403. The van der Waals surface area contributed by atoms with E-state index in [1.807, 2.05) is 13.8 Å². The topological polar surface area (TPSA) is 95.0 Å². The van der Waals surface area contributed by atoms with Crippen molar-refractivity contribution < 1.29 is 19.4 Å². The van der Waals surface area contributed by atoms with Crippen LogP contribution in [0.25, 0.3) is 0 Å². The normalized spacial score (nSPS) is 23.3. The van der Waals surface area contributed by atoms with Gasteiger partial charge in [0.15, 0.2) is 0 Å². The third-order valence-corrected chi connectivity index (χ3v) is 6.65. The number of hydrogen-bond acceptors (Lipinski definition) is 5. The number of ether oxygens (including phenoxy) is 1. The molecule has 3 atom stereocenters. The first-order valence-corrected chi connectivity index (χ1v) is 11.8. The molecule has 1 saturated carbocycles. The first-order chi connectivity index (χ1) is 14.8. The predicted octanol–water partition coefficient (Wildman–Crippen LogP) is 3.04. The number of carbonyl (C=O) groups excluding carboxylic acids is 2. The van der Waals surface area contributed by atoms with Gasteiger partial charge >= 0.3 is 6.03 Å². The molecule has 31 heavy (non-hydrogen) atoms. The van der Waals surface area contributed by atoms with Gasteiger partial charge in [-0.2, -0.15) is 0 Å². The highest BCUT2D eigenvalue weighted by Crippen LogP contribution is 2.28. The summed E-state index contributed by atoms with van der Waals surface area (Å²) in [5.41, 5.74) is 0.348. The number of pyridine rings is 1. The zero-order valence-corrected chi connectivity index (χ0v) is 20.1. The first-order valence-electron chi connectivity index (χ1n) is 11.1. The minimum Gasteiger partial charge on any atom is -0.472 e. The number of rotatable bonds is 5. The van der Waals surface area contributed by atoms with Crippen LogP contribution in [0.15, 0.2) is 16.7 Å². The van der Waals surface area contributed by atoms with Gasteiger partial charge in [-0.25, -0.2) is 9.78 Å². The van der Waals surface area contributed by atoms with Crippen LogP contribution in [0.3, 0.4) is 0 Å². The summed E-state index contributed by atoms with van der Waals surface area (Å²) in [6.07, 6.45) is 6.84. The second kappa shape index (κ2) is 10.6. The van der Waals surface area contributed by atoms with Crippen LogP contribution in [0.5, 0.6) is 5.88 Å². The van der Waals surface area contributed by atoms with Crippen molar-refractivity contribution in [3.63, 3.8) is 0 Å². The van der Waals surface area contributed by atoms with E-state index in [0.717, 1.165) is 25.7 Å². The molecule has 2 aliphatic rings. The van der Waals surface area contributed by atoms with Crippen LogP contribution in [-0.4, -0.2) is 76.8 Å². The summed E-state index contributed by atoms with van der Waals surface area (Å²) in [6.45, 7) is 4.45. The zero-order valence-electron chi connectivity index (χ0n) is 18.5. The van der Waals surface area contributed by atoms with E-state index in [1.54, 1.807) is 29.1 Å². The van der Waals surface area contributed by atoms with Crippen LogP contribution >= 0.6 is 15.9 Å². The highest BCUT2D eigenvalue weighted by atomic mass is 79.9. The maximum Gasteiger partial charge on any atom is 0.317 e. The number of aromatic nitrogens is 1. The summed E-state index contributed by atoms with van der Waals surface area (Å²) in [7, 11) is 1.77. The van der Waals surface area contributed by atoms with Crippen LogP contribution in [0.2, 0.25) is 0 Å². The lowest BCUT2D eigenvalue weighted by molar-refractivity contribution is 0.0351. The van der Waals surface area contributed by atoms with Crippen LogP contribution in [0.1, 0.15) is 56.3 Å². The molecule has 0 radical (unpaired) electrons. The molecule has 3 amide bonds. The first kappa shape index (κ1) is 23.8. The van der Waals surface area contributed by atoms with Crippen molar-refractivity contribution >= 4 is 27.9 Å². The summed E-state index contributed by atoms with van der Waals surface area (Å²) in [6, 6.07) is 1.48.